The summed E-state index contributed by atoms with van der Waals surface area (Å²) >= 11 is 0. The summed E-state index contributed by atoms with van der Waals surface area (Å²) in [5, 5.41) is 19.4. The molecule has 3 aromatic rings. The van der Waals surface area contributed by atoms with Gasteiger partial charge in [0.15, 0.2) is 0 Å². The Morgan fingerprint density at radius 2 is 1.97 bits per heavy atom. The fourth-order valence-electron chi connectivity index (χ4n) is 4.00. The average molecular weight is 461 g/mol. The molecule has 9 heteroatoms. The zero-order valence-corrected chi connectivity index (χ0v) is 19.5. The summed E-state index contributed by atoms with van der Waals surface area (Å²) in [5.41, 5.74) is 7.95. The van der Waals surface area contributed by atoms with E-state index in [1.165, 1.54) is 0 Å². The lowest BCUT2D eigenvalue weighted by Gasteiger charge is -2.36. The number of aliphatic hydroxyl groups excluding tert-OH is 1. The van der Waals surface area contributed by atoms with Crippen LogP contribution in [0.2, 0.25) is 0 Å². The number of ether oxygens (including phenoxy) is 2. The minimum atomic E-state index is -0.772. The molecule has 1 fully saturated rings. The second-order valence-corrected chi connectivity index (χ2v) is 8.43. The summed E-state index contributed by atoms with van der Waals surface area (Å²) in [6.45, 7) is 7.46. The third kappa shape index (κ3) is 5.31. The Balaban J connectivity index is 1.67. The standard InChI is InChI=1S/C25H28N6O3/c1-15-13-31(14-16(2)33-15)24-9-25(30-17(3)29-24)34-23-8-18(10-26)4-6-20(23)21-7-5-19(12-28-21)22(32)11-27/h4-9,12,15-16,22,32H,11,13-14,27H2,1-3H3/t15-,16+,22-/m1/s1. The number of aliphatic hydroxyl groups is 1. The van der Waals surface area contributed by atoms with E-state index in [2.05, 4.69) is 25.9 Å². The average Bonchev–Trinajstić information content (AvgIpc) is 2.82. The number of hydrogen-bond donors (Lipinski definition) is 2. The van der Waals surface area contributed by atoms with Crippen molar-refractivity contribution < 1.29 is 14.6 Å². The lowest BCUT2D eigenvalue weighted by atomic mass is 10.1. The Hall–Kier alpha value is -3.58. The summed E-state index contributed by atoms with van der Waals surface area (Å²) in [6.07, 6.45) is 0.997. The summed E-state index contributed by atoms with van der Waals surface area (Å²) in [4.78, 5) is 15.7. The fraction of sp³-hybridized carbons (Fsp3) is 0.360. The summed E-state index contributed by atoms with van der Waals surface area (Å²) in [5.74, 6) is 2.17. The molecule has 0 radical (unpaired) electrons. The Morgan fingerprint density at radius 1 is 1.21 bits per heavy atom. The Morgan fingerprint density at radius 3 is 2.62 bits per heavy atom. The maximum Gasteiger partial charge on any atom is 0.224 e. The van der Waals surface area contributed by atoms with Crippen LogP contribution in [0.5, 0.6) is 11.6 Å². The fourth-order valence-corrected chi connectivity index (χ4v) is 4.00. The number of nitriles is 1. The first kappa shape index (κ1) is 23.6. The van der Waals surface area contributed by atoms with Crippen molar-refractivity contribution in [3.63, 3.8) is 0 Å². The second-order valence-electron chi connectivity index (χ2n) is 8.43. The molecule has 3 heterocycles. The van der Waals surface area contributed by atoms with Crippen LogP contribution in [0.15, 0.2) is 42.6 Å². The number of nitrogens with two attached hydrogens (primary N) is 1. The number of anilines is 1. The predicted octanol–water partition coefficient (Wildman–Crippen LogP) is 3.12. The molecule has 34 heavy (non-hydrogen) atoms. The first-order chi connectivity index (χ1) is 16.4. The van der Waals surface area contributed by atoms with Gasteiger partial charge in [0, 0.05) is 43.0 Å². The molecular formula is C25H28N6O3. The van der Waals surface area contributed by atoms with Crippen molar-refractivity contribution in [1.82, 2.24) is 15.0 Å². The normalized spacial score (nSPS) is 18.9. The van der Waals surface area contributed by atoms with E-state index in [0.717, 1.165) is 18.9 Å². The molecule has 0 bridgehead atoms. The molecule has 3 atom stereocenters. The van der Waals surface area contributed by atoms with Gasteiger partial charge in [0.2, 0.25) is 5.88 Å². The van der Waals surface area contributed by atoms with Gasteiger partial charge < -0.3 is 25.2 Å². The number of morpholine rings is 1. The highest BCUT2D eigenvalue weighted by Crippen LogP contribution is 2.34. The number of benzene rings is 1. The van der Waals surface area contributed by atoms with Crippen LogP contribution in [-0.2, 0) is 4.74 Å². The lowest BCUT2D eigenvalue weighted by Crippen LogP contribution is -2.45. The molecule has 1 aromatic carbocycles. The van der Waals surface area contributed by atoms with E-state index in [9.17, 15) is 10.4 Å². The van der Waals surface area contributed by atoms with Gasteiger partial charge in [-0.2, -0.15) is 10.2 Å². The highest BCUT2D eigenvalue weighted by molar-refractivity contribution is 5.69. The van der Waals surface area contributed by atoms with Crippen LogP contribution in [0.1, 0.15) is 36.9 Å². The zero-order chi connectivity index (χ0) is 24.2. The Kier molecular flexibility index (Phi) is 7.03. The topological polar surface area (TPSA) is 130 Å². The Labute approximate surface area is 198 Å². The van der Waals surface area contributed by atoms with Crippen LogP contribution in [0, 0.1) is 18.3 Å². The molecule has 0 amide bonds. The van der Waals surface area contributed by atoms with Crippen molar-refractivity contribution in [2.75, 3.05) is 24.5 Å². The van der Waals surface area contributed by atoms with Crippen LogP contribution in [0.25, 0.3) is 11.3 Å². The van der Waals surface area contributed by atoms with Gasteiger partial charge in [-0.15, -0.1) is 0 Å². The van der Waals surface area contributed by atoms with Crippen LogP contribution in [0.3, 0.4) is 0 Å². The molecule has 1 aliphatic heterocycles. The quantitative estimate of drug-likeness (QED) is 0.569. The molecule has 3 N–H and O–H groups in total. The number of aryl methyl sites for hydroxylation is 1. The summed E-state index contributed by atoms with van der Waals surface area (Å²) in [7, 11) is 0. The molecule has 4 rings (SSSR count). The molecule has 0 unspecified atom stereocenters. The number of aromatic nitrogens is 3. The van der Waals surface area contributed by atoms with Gasteiger partial charge in [0.25, 0.3) is 0 Å². The molecule has 0 spiro atoms. The van der Waals surface area contributed by atoms with Crippen LogP contribution < -0.4 is 15.4 Å². The van der Waals surface area contributed by atoms with Gasteiger partial charge in [0.05, 0.1) is 35.6 Å². The van der Waals surface area contributed by atoms with Crippen molar-refractivity contribution in [3.8, 4) is 29.0 Å². The zero-order valence-electron chi connectivity index (χ0n) is 19.5. The van der Waals surface area contributed by atoms with Gasteiger partial charge in [-0.1, -0.05) is 6.07 Å². The van der Waals surface area contributed by atoms with Gasteiger partial charge in [-0.3, -0.25) is 4.98 Å². The molecule has 0 saturated carbocycles. The van der Waals surface area contributed by atoms with Gasteiger partial charge in [-0.05, 0) is 45.0 Å². The number of rotatable bonds is 6. The molecule has 9 nitrogen and oxygen atoms in total. The highest BCUT2D eigenvalue weighted by Gasteiger charge is 2.24. The SMILES string of the molecule is Cc1nc(Oc2cc(C#N)ccc2-c2ccc([C@H](O)CN)cn2)cc(N2C[C@@H](C)O[C@@H](C)C2)n1. The summed E-state index contributed by atoms with van der Waals surface area (Å²) in [6, 6.07) is 12.7. The van der Waals surface area contributed by atoms with E-state index in [0.29, 0.717) is 39.8 Å². The third-order valence-corrected chi connectivity index (χ3v) is 5.54. The maximum atomic E-state index is 9.95. The largest absolute Gasteiger partial charge is 0.438 e. The van der Waals surface area contributed by atoms with Gasteiger partial charge in [0.1, 0.15) is 17.4 Å². The molecule has 0 aliphatic carbocycles. The van der Waals surface area contributed by atoms with Crippen molar-refractivity contribution in [1.29, 1.82) is 5.26 Å². The monoisotopic (exact) mass is 460 g/mol. The first-order valence-electron chi connectivity index (χ1n) is 11.2. The van der Waals surface area contributed by atoms with Crippen molar-refractivity contribution >= 4 is 5.82 Å². The maximum absolute atomic E-state index is 9.95. The van der Waals surface area contributed by atoms with E-state index in [1.54, 1.807) is 42.6 Å². The van der Waals surface area contributed by atoms with Crippen LogP contribution in [0.4, 0.5) is 5.82 Å². The third-order valence-electron chi connectivity index (χ3n) is 5.54. The first-order valence-corrected chi connectivity index (χ1v) is 11.2. The van der Waals surface area contributed by atoms with Crippen molar-refractivity contribution in [2.45, 2.75) is 39.1 Å². The van der Waals surface area contributed by atoms with E-state index < -0.39 is 6.10 Å². The van der Waals surface area contributed by atoms with Crippen molar-refractivity contribution in [2.24, 2.45) is 5.73 Å². The molecule has 176 valence electrons. The lowest BCUT2D eigenvalue weighted by molar-refractivity contribution is -0.00549. The second kappa shape index (κ2) is 10.1. The van der Waals surface area contributed by atoms with E-state index in [-0.39, 0.29) is 18.8 Å². The number of pyridine rings is 1. The van der Waals surface area contributed by atoms with E-state index in [1.807, 2.05) is 20.8 Å². The van der Waals surface area contributed by atoms with E-state index in [4.69, 9.17) is 15.2 Å². The minimum Gasteiger partial charge on any atom is -0.438 e. The van der Waals surface area contributed by atoms with Crippen LogP contribution >= 0.6 is 0 Å². The minimum absolute atomic E-state index is 0.0918. The number of hydrogen-bond acceptors (Lipinski definition) is 9. The molecule has 2 aromatic heterocycles. The van der Waals surface area contributed by atoms with Crippen LogP contribution in [-0.4, -0.2) is 51.9 Å². The smallest absolute Gasteiger partial charge is 0.224 e. The summed E-state index contributed by atoms with van der Waals surface area (Å²) < 4.78 is 12.0. The predicted molar refractivity (Wildman–Crippen MR) is 127 cm³/mol. The molecular weight excluding hydrogens is 432 g/mol. The molecule has 1 aliphatic rings. The van der Waals surface area contributed by atoms with E-state index >= 15 is 0 Å². The van der Waals surface area contributed by atoms with Gasteiger partial charge >= 0.3 is 0 Å². The Bertz CT molecular complexity index is 1180. The number of nitrogens with zero attached hydrogens (tertiary/aromatic N) is 5. The van der Waals surface area contributed by atoms with Crippen molar-refractivity contribution in [3.05, 3.63) is 59.5 Å². The highest BCUT2D eigenvalue weighted by atomic mass is 16.5. The van der Waals surface area contributed by atoms with Gasteiger partial charge in [-0.25, -0.2) is 4.98 Å². The molecule has 1 saturated heterocycles.